The van der Waals surface area contributed by atoms with E-state index in [2.05, 4.69) is 13.8 Å². The van der Waals surface area contributed by atoms with Gasteiger partial charge in [-0.25, -0.2) is 0 Å². The van der Waals surface area contributed by atoms with Crippen LogP contribution >= 0.6 is 0 Å². The van der Waals surface area contributed by atoms with Gasteiger partial charge in [-0.15, -0.1) is 0 Å². The normalized spacial score (nSPS) is 20.9. The Labute approximate surface area is 188 Å². The lowest BCUT2D eigenvalue weighted by molar-refractivity contribution is -0.170. The molecule has 0 saturated heterocycles. The van der Waals surface area contributed by atoms with E-state index in [1.54, 1.807) is 0 Å². The molecule has 1 saturated carbocycles. The van der Waals surface area contributed by atoms with Gasteiger partial charge in [0.2, 0.25) is 0 Å². The molecule has 3 unspecified atom stereocenters. The third kappa shape index (κ3) is 11.0. The Kier molecular flexibility index (Phi) is 15.1. The Balaban J connectivity index is 2.50. The van der Waals surface area contributed by atoms with E-state index in [4.69, 9.17) is 9.47 Å². The number of carbonyl (C=O) groups excluding carboxylic acids is 2. The number of hydrogen-bond donors (Lipinski definition) is 1. The summed E-state index contributed by atoms with van der Waals surface area (Å²) in [4.78, 5) is 37.2. The predicted octanol–water partition coefficient (Wildman–Crippen LogP) is 5.91. The molecule has 31 heavy (non-hydrogen) atoms. The molecule has 0 aromatic heterocycles. The van der Waals surface area contributed by atoms with E-state index in [1.165, 1.54) is 38.5 Å². The molecule has 1 fully saturated rings. The van der Waals surface area contributed by atoms with Gasteiger partial charge in [-0.1, -0.05) is 84.5 Å². The largest absolute Gasteiger partial charge is 0.481 e. The number of ether oxygens (including phenoxy) is 2. The Hall–Kier alpha value is -1.59. The van der Waals surface area contributed by atoms with Crippen LogP contribution in [-0.2, 0) is 23.9 Å². The average molecular weight is 441 g/mol. The van der Waals surface area contributed by atoms with Crippen LogP contribution in [-0.4, -0.2) is 36.2 Å². The molecule has 0 bridgehead atoms. The van der Waals surface area contributed by atoms with Crippen molar-refractivity contribution in [3.05, 3.63) is 0 Å². The lowest BCUT2D eigenvalue weighted by atomic mass is 9.72. The van der Waals surface area contributed by atoms with Gasteiger partial charge in [0.15, 0.2) is 0 Å². The third-order valence-electron chi connectivity index (χ3n) is 6.27. The molecule has 0 radical (unpaired) electrons. The van der Waals surface area contributed by atoms with Gasteiger partial charge in [0, 0.05) is 0 Å². The van der Waals surface area contributed by atoms with Gasteiger partial charge in [0.25, 0.3) is 0 Å². The Morgan fingerprint density at radius 3 is 1.65 bits per heavy atom. The summed E-state index contributed by atoms with van der Waals surface area (Å²) in [7, 11) is 0. The number of aliphatic carboxylic acids is 1. The molecule has 0 amide bonds. The third-order valence-corrected chi connectivity index (χ3v) is 6.27. The maximum Gasteiger partial charge on any atom is 0.310 e. The highest BCUT2D eigenvalue weighted by Gasteiger charge is 2.46. The number of carbonyl (C=O) groups is 3. The van der Waals surface area contributed by atoms with Crippen LogP contribution in [0.5, 0.6) is 0 Å². The molecule has 1 rings (SSSR count). The van der Waals surface area contributed by atoms with Gasteiger partial charge in [-0.2, -0.15) is 0 Å². The van der Waals surface area contributed by atoms with Crippen LogP contribution in [0.15, 0.2) is 0 Å². The fraction of sp³-hybridized carbons (Fsp3) is 0.880. The average Bonchev–Trinajstić information content (AvgIpc) is 2.77. The smallest absolute Gasteiger partial charge is 0.310 e. The van der Waals surface area contributed by atoms with Crippen LogP contribution in [0, 0.1) is 17.8 Å². The van der Waals surface area contributed by atoms with E-state index in [9.17, 15) is 19.5 Å². The van der Waals surface area contributed by atoms with Gasteiger partial charge in [0.05, 0.1) is 31.0 Å². The molecule has 6 heteroatoms. The molecular formula is C25H44O6. The van der Waals surface area contributed by atoms with Crippen molar-refractivity contribution in [2.24, 2.45) is 17.8 Å². The SMILES string of the molecule is CCCCCCCCOC(=O)C1CCCC(C(=O)O)C1C(=O)OCCCCCCCC. The van der Waals surface area contributed by atoms with Crippen molar-refractivity contribution in [2.45, 2.75) is 110 Å². The summed E-state index contributed by atoms with van der Waals surface area (Å²) in [6, 6.07) is 0. The first-order valence-electron chi connectivity index (χ1n) is 12.6. The molecular weight excluding hydrogens is 396 g/mol. The van der Waals surface area contributed by atoms with Gasteiger partial charge in [0.1, 0.15) is 0 Å². The zero-order valence-electron chi connectivity index (χ0n) is 19.7. The molecule has 180 valence electrons. The van der Waals surface area contributed by atoms with E-state index in [-0.39, 0.29) is 6.61 Å². The highest BCUT2D eigenvalue weighted by atomic mass is 16.5. The van der Waals surface area contributed by atoms with Crippen molar-refractivity contribution in [1.29, 1.82) is 0 Å². The van der Waals surface area contributed by atoms with Crippen molar-refractivity contribution in [1.82, 2.24) is 0 Å². The number of esters is 2. The predicted molar refractivity (Wildman–Crippen MR) is 121 cm³/mol. The molecule has 3 atom stereocenters. The second-order valence-corrected chi connectivity index (χ2v) is 8.88. The molecule has 6 nitrogen and oxygen atoms in total. The van der Waals surface area contributed by atoms with Crippen molar-refractivity contribution >= 4 is 17.9 Å². The van der Waals surface area contributed by atoms with Crippen LogP contribution in [0.4, 0.5) is 0 Å². The molecule has 1 N–H and O–H groups in total. The van der Waals surface area contributed by atoms with Crippen molar-refractivity contribution in [3.63, 3.8) is 0 Å². The van der Waals surface area contributed by atoms with Gasteiger partial charge >= 0.3 is 17.9 Å². The van der Waals surface area contributed by atoms with Crippen LogP contribution in [0.25, 0.3) is 0 Å². The van der Waals surface area contributed by atoms with E-state index >= 15 is 0 Å². The first kappa shape index (κ1) is 27.4. The quantitative estimate of drug-likeness (QED) is 0.223. The van der Waals surface area contributed by atoms with E-state index in [1.807, 2.05) is 0 Å². The highest BCUT2D eigenvalue weighted by molar-refractivity contribution is 5.87. The maximum atomic E-state index is 12.7. The zero-order chi connectivity index (χ0) is 22.9. The summed E-state index contributed by atoms with van der Waals surface area (Å²) in [5.41, 5.74) is 0. The fourth-order valence-corrected chi connectivity index (χ4v) is 4.38. The van der Waals surface area contributed by atoms with Gasteiger partial charge in [-0.05, 0) is 25.7 Å². The number of unbranched alkanes of at least 4 members (excludes halogenated alkanes) is 10. The minimum Gasteiger partial charge on any atom is -0.481 e. The zero-order valence-corrected chi connectivity index (χ0v) is 19.7. The second-order valence-electron chi connectivity index (χ2n) is 8.88. The molecule has 0 aliphatic heterocycles. The topological polar surface area (TPSA) is 89.9 Å². The maximum absolute atomic E-state index is 12.7. The van der Waals surface area contributed by atoms with Crippen molar-refractivity contribution in [3.8, 4) is 0 Å². The number of hydrogen-bond acceptors (Lipinski definition) is 5. The Morgan fingerprint density at radius 1 is 0.677 bits per heavy atom. The van der Waals surface area contributed by atoms with Crippen molar-refractivity contribution < 1.29 is 29.0 Å². The molecule has 1 aliphatic rings. The summed E-state index contributed by atoms with van der Waals surface area (Å²) >= 11 is 0. The molecule has 0 aromatic carbocycles. The van der Waals surface area contributed by atoms with Gasteiger partial charge < -0.3 is 14.6 Å². The highest BCUT2D eigenvalue weighted by Crippen LogP contribution is 2.37. The Morgan fingerprint density at radius 2 is 1.13 bits per heavy atom. The van der Waals surface area contributed by atoms with E-state index < -0.39 is 35.7 Å². The van der Waals surface area contributed by atoms with Crippen molar-refractivity contribution in [2.75, 3.05) is 13.2 Å². The molecule has 0 aromatic rings. The lowest BCUT2D eigenvalue weighted by Crippen LogP contribution is -2.43. The fourth-order valence-electron chi connectivity index (χ4n) is 4.38. The van der Waals surface area contributed by atoms with E-state index in [0.29, 0.717) is 25.9 Å². The molecule has 1 aliphatic carbocycles. The first-order valence-corrected chi connectivity index (χ1v) is 12.6. The summed E-state index contributed by atoms with van der Waals surface area (Å²) in [6.45, 7) is 4.96. The monoisotopic (exact) mass is 440 g/mol. The Bertz CT molecular complexity index is 518. The minimum atomic E-state index is -1.03. The number of rotatable bonds is 17. The second kappa shape index (κ2) is 17.0. The van der Waals surface area contributed by atoms with Gasteiger partial charge in [-0.3, -0.25) is 14.4 Å². The van der Waals surface area contributed by atoms with E-state index in [0.717, 1.165) is 38.5 Å². The minimum absolute atomic E-state index is 0.285. The molecule has 0 heterocycles. The lowest BCUT2D eigenvalue weighted by Gasteiger charge is -2.33. The standard InChI is InChI=1S/C25H44O6/c1-3-5-7-9-11-13-18-30-24(28)21-17-15-16-20(23(26)27)22(21)25(29)31-19-14-12-10-8-6-4-2/h20-22H,3-19H2,1-2H3,(H,26,27). The van der Waals surface area contributed by atoms with Crippen LogP contribution in [0.3, 0.4) is 0 Å². The number of carboxylic acid groups (broad SMARTS) is 1. The summed E-state index contributed by atoms with van der Waals surface area (Å²) in [5, 5.41) is 9.61. The summed E-state index contributed by atoms with van der Waals surface area (Å²) in [6.07, 6.45) is 14.5. The van der Waals surface area contributed by atoms with Crippen LogP contribution in [0.1, 0.15) is 110 Å². The number of carboxylic acids is 1. The summed E-state index contributed by atoms with van der Waals surface area (Å²) < 4.78 is 10.9. The summed E-state index contributed by atoms with van der Waals surface area (Å²) in [5.74, 6) is -4.56. The first-order chi connectivity index (χ1) is 15.0. The van der Waals surface area contributed by atoms with Crippen LogP contribution in [0.2, 0.25) is 0 Å². The van der Waals surface area contributed by atoms with Crippen LogP contribution < -0.4 is 0 Å². The molecule has 0 spiro atoms.